The second-order valence-corrected chi connectivity index (χ2v) is 1.90. The molecule has 1 unspecified atom stereocenters. The molecular formula is C6H7O3. The van der Waals surface area contributed by atoms with E-state index in [2.05, 4.69) is 0 Å². The predicted octanol–water partition coefficient (Wildman–Crippen LogP) is -0.219. The lowest BCUT2D eigenvalue weighted by Gasteiger charge is -2.14. The molecule has 1 radical (unpaired) electrons. The fourth-order valence-electron chi connectivity index (χ4n) is 0.665. The molecule has 2 N–H and O–H groups in total. The highest BCUT2D eigenvalue weighted by Crippen LogP contribution is 2.13. The fraction of sp³-hybridized carbons (Fsp3) is 0.333. The van der Waals surface area contributed by atoms with Crippen LogP contribution in [-0.4, -0.2) is 22.1 Å². The SMILES string of the molecule is O=C1C=CCC(O)[C]1O. The van der Waals surface area contributed by atoms with Gasteiger partial charge >= 0.3 is 0 Å². The maximum atomic E-state index is 10.5. The van der Waals surface area contributed by atoms with Crippen molar-refractivity contribution in [3.8, 4) is 0 Å². The molecule has 0 aliphatic heterocycles. The molecule has 1 aliphatic carbocycles. The van der Waals surface area contributed by atoms with Gasteiger partial charge in [-0.1, -0.05) is 6.08 Å². The topological polar surface area (TPSA) is 57.5 Å². The van der Waals surface area contributed by atoms with E-state index in [9.17, 15) is 4.79 Å². The number of hydrogen-bond acceptors (Lipinski definition) is 3. The number of aliphatic hydroxyl groups excluding tert-OH is 2. The van der Waals surface area contributed by atoms with E-state index in [0.29, 0.717) is 6.42 Å². The number of carbonyl (C=O) groups excluding carboxylic acids is 1. The van der Waals surface area contributed by atoms with Gasteiger partial charge in [0.25, 0.3) is 0 Å². The molecule has 1 rings (SSSR count). The summed E-state index contributed by atoms with van der Waals surface area (Å²) < 4.78 is 0. The van der Waals surface area contributed by atoms with Crippen LogP contribution < -0.4 is 0 Å². The molecule has 0 aromatic heterocycles. The van der Waals surface area contributed by atoms with E-state index in [1.54, 1.807) is 0 Å². The lowest BCUT2D eigenvalue weighted by atomic mass is 10.0. The zero-order chi connectivity index (χ0) is 6.85. The Bertz CT molecular complexity index is 150. The molecule has 1 atom stereocenters. The van der Waals surface area contributed by atoms with Crippen molar-refractivity contribution in [2.24, 2.45) is 0 Å². The van der Waals surface area contributed by atoms with Crippen molar-refractivity contribution in [3.05, 3.63) is 18.3 Å². The van der Waals surface area contributed by atoms with E-state index >= 15 is 0 Å². The summed E-state index contributed by atoms with van der Waals surface area (Å²) in [5, 5.41) is 17.5. The van der Waals surface area contributed by atoms with Crippen LogP contribution in [-0.2, 0) is 4.79 Å². The van der Waals surface area contributed by atoms with Crippen molar-refractivity contribution in [1.29, 1.82) is 0 Å². The van der Waals surface area contributed by atoms with Gasteiger partial charge < -0.3 is 10.2 Å². The van der Waals surface area contributed by atoms with Crippen LogP contribution in [0.3, 0.4) is 0 Å². The summed E-state index contributed by atoms with van der Waals surface area (Å²) in [5.74, 6) is -0.492. The Balaban J connectivity index is 2.69. The van der Waals surface area contributed by atoms with Crippen LogP contribution in [0, 0.1) is 6.10 Å². The summed E-state index contributed by atoms with van der Waals surface area (Å²) in [5.41, 5.74) is 0. The van der Waals surface area contributed by atoms with Crippen LogP contribution in [0.5, 0.6) is 0 Å². The Morgan fingerprint density at radius 1 is 1.67 bits per heavy atom. The first-order chi connectivity index (χ1) is 4.22. The Morgan fingerprint density at radius 2 is 2.33 bits per heavy atom. The van der Waals surface area contributed by atoms with Crippen molar-refractivity contribution >= 4 is 5.78 Å². The van der Waals surface area contributed by atoms with Gasteiger partial charge in [0.05, 0.1) is 6.10 Å². The molecule has 0 heterocycles. The monoisotopic (exact) mass is 127 g/mol. The van der Waals surface area contributed by atoms with Crippen molar-refractivity contribution in [2.45, 2.75) is 12.5 Å². The Kier molecular flexibility index (Phi) is 1.64. The van der Waals surface area contributed by atoms with Crippen molar-refractivity contribution in [2.75, 3.05) is 0 Å². The van der Waals surface area contributed by atoms with Gasteiger partial charge in [0.15, 0.2) is 11.9 Å². The maximum absolute atomic E-state index is 10.5. The molecule has 0 aromatic rings. The third kappa shape index (κ3) is 1.17. The molecule has 0 amide bonds. The average Bonchev–Trinajstić information content (AvgIpc) is 1.83. The maximum Gasteiger partial charge on any atom is 0.193 e. The molecule has 0 bridgehead atoms. The fourth-order valence-corrected chi connectivity index (χ4v) is 0.665. The predicted molar refractivity (Wildman–Crippen MR) is 29.9 cm³/mol. The summed E-state index contributed by atoms with van der Waals surface area (Å²) in [6, 6.07) is 0. The molecule has 1 aliphatic rings. The van der Waals surface area contributed by atoms with Gasteiger partial charge in [-0.25, -0.2) is 0 Å². The first-order valence-corrected chi connectivity index (χ1v) is 2.66. The standard InChI is InChI=1S/C6H7O3/c7-4-2-1-3-5(8)6(4)9/h1-2,5,8-9H,3H2. The number of rotatable bonds is 0. The summed E-state index contributed by atoms with van der Waals surface area (Å²) in [6.07, 6.45) is 1.69. The van der Waals surface area contributed by atoms with Crippen molar-refractivity contribution in [3.63, 3.8) is 0 Å². The third-order valence-corrected chi connectivity index (χ3v) is 1.20. The third-order valence-electron chi connectivity index (χ3n) is 1.20. The smallest absolute Gasteiger partial charge is 0.193 e. The molecule has 0 spiro atoms. The second-order valence-electron chi connectivity index (χ2n) is 1.90. The van der Waals surface area contributed by atoms with E-state index in [-0.39, 0.29) is 0 Å². The van der Waals surface area contributed by atoms with Crippen LogP contribution in [0.1, 0.15) is 6.42 Å². The van der Waals surface area contributed by atoms with E-state index in [1.807, 2.05) is 0 Å². The van der Waals surface area contributed by atoms with Crippen LogP contribution in [0.25, 0.3) is 0 Å². The summed E-state index contributed by atoms with van der Waals surface area (Å²) >= 11 is 0. The molecule has 49 valence electrons. The van der Waals surface area contributed by atoms with Gasteiger partial charge in [0.1, 0.15) is 0 Å². The Morgan fingerprint density at radius 3 is 2.78 bits per heavy atom. The van der Waals surface area contributed by atoms with Gasteiger partial charge in [-0.3, -0.25) is 4.79 Å². The molecular weight excluding hydrogens is 120 g/mol. The lowest BCUT2D eigenvalue weighted by Crippen LogP contribution is -2.26. The van der Waals surface area contributed by atoms with E-state index in [0.717, 1.165) is 0 Å². The Hall–Kier alpha value is -0.670. The van der Waals surface area contributed by atoms with Gasteiger partial charge in [-0.15, -0.1) is 0 Å². The van der Waals surface area contributed by atoms with Crippen molar-refractivity contribution in [1.82, 2.24) is 0 Å². The minimum absolute atomic E-state index is 0.331. The number of ketones is 1. The number of carbonyl (C=O) groups is 1. The van der Waals surface area contributed by atoms with Crippen molar-refractivity contribution < 1.29 is 15.0 Å². The van der Waals surface area contributed by atoms with Gasteiger partial charge in [0, 0.05) is 0 Å². The molecule has 0 fully saturated rings. The molecule has 0 saturated heterocycles. The first kappa shape index (κ1) is 6.45. The highest BCUT2D eigenvalue weighted by Gasteiger charge is 2.25. The van der Waals surface area contributed by atoms with Gasteiger partial charge in [0.2, 0.25) is 0 Å². The summed E-state index contributed by atoms with van der Waals surface area (Å²) in [7, 11) is 0. The minimum Gasteiger partial charge on any atom is -0.389 e. The zero-order valence-electron chi connectivity index (χ0n) is 4.74. The largest absolute Gasteiger partial charge is 0.389 e. The summed E-state index contributed by atoms with van der Waals surface area (Å²) in [6.45, 7) is 0. The van der Waals surface area contributed by atoms with Crippen LogP contribution >= 0.6 is 0 Å². The van der Waals surface area contributed by atoms with E-state index in [1.165, 1.54) is 12.2 Å². The van der Waals surface area contributed by atoms with Gasteiger partial charge in [-0.2, -0.15) is 0 Å². The zero-order valence-corrected chi connectivity index (χ0v) is 4.74. The quantitative estimate of drug-likeness (QED) is 0.473. The van der Waals surface area contributed by atoms with Crippen LogP contribution in [0.4, 0.5) is 0 Å². The highest BCUT2D eigenvalue weighted by molar-refractivity contribution is 6.00. The average molecular weight is 127 g/mol. The molecule has 3 heteroatoms. The second kappa shape index (κ2) is 2.29. The van der Waals surface area contributed by atoms with Crippen LogP contribution in [0.15, 0.2) is 12.2 Å². The molecule has 9 heavy (non-hydrogen) atoms. The lowest BCUT2D eigenvalue weighted by molar-refractivity contribution is -0.119. The normalized spacial score (nSPS) is 29.1. The van der Waals surface area contributed by atoms with E-state index in [4.69, 9.17) is 10.2 Å². The summed E-state index contributed by atoms with van der Waals surface area (Å²) in [4.78, 5) is 10.5. The number of aliphatic hydroxyl groups is 2. The molecule has 0 aromatic carbocycles. The highest BCUT2D eigenvalue weighted by atomic mass is 16.3. The molecule has 0 saturated carbocycles. The van der Waals surface area contributed by atoms with Crippen LogP contribution in [0.2, 0.25) is 0 Å². The molecule has 3 nitrogen and oxygen atoms in total. The first-order valence-electron chi connectivity index (χ1n) is 2.66. The Labute approximate surface area is 52.6 Å². The number of hydrogen-bond donors (Lipinski definition) is 2. The van der Waals surface area contributed by atoms with Gasteiger partial charge in [-0.05, 0) is 12.5 Å². The minimum atomic E-state index is -0.984. The van der Waals surface area contributed by atoms with E-state index < -0.39 is 18.0 Å².